The van der Waals surface area contributed by atoms with Crippen molar-refractivity contribution in [3.05, 3.63) is 72.2 Å². The summed E-state index contributed by atoms with van der Waals surface area (Å²) in [4.78, 5) is 20.7. The Balaban J connectivity index is 1.73. The summed E-state index contributed by atoms with van der Waals surface area (Å²) < 4.78 is 0. The van der Waals surface area contributed by atoms with Crippen molar-refractivity contribution in [2.75, 3.05) is 11.1 Å². The normalized spacial score (nSPS) is 11.2. The van der Waals surface area contributed by atoms with E-state index in [0.717, 1.165) is 17.7 Å². The van der Waals surface area contributed by atoms with E-state index in [1.807, 2.05) is 18.2 Å². The SMILES string of the molecule is CC(C)(C)NCc1ccc(-c2cncc(C(=O)Nc3ccnc(N)c3)c2)cc1. The van der Waals surface area contributed by atoms with Gasteiger partial charge in [0.05, 0.1) is 5.56 Å². The predicted molar refractivity (Wildman–Crippen MR) is 113 cm³/mol. The van der Waals surface area contributed by atoms with Gasteiger partial charge in [-0.25, -0.2) is 4.98 Å². The van der Waals surface area contributed by atoms with E-state index in [9.17, 15) is 4.79 Å². The van der Waals surface area contributed by atoms with E-state index in [1.54, 1.807) is 30.7 Å². The van der Waals surface area contributed by atoms with Crippen molar-refractivity contribution < 1.29 is 4.79 Å². The maximum atomic E-state index is 12.5. The van der Waals surface area contributed by atoms with Crippen molar-refractivity contribution in [3.63, 3.8) is 0 Å². The van der Waals surface area contributed by atoms with Gasteiger partial charge in [0, 0.05) is 48.0 Å². The number of pyridine rings is 2. The van der Waals surface area contributed by atoms with Gasteiger partial charge in [0.15, 0.2) is 0 Å². The summed E-state index contributed by atoms with van der Waals surface area (Å²) in [6, 6.07) is 13.4. The molecule has 6 heteroatoms. The van der Waals surface area contributed by atoms with E-state index < -0.39 is 0 Å². The lowest BCUT2D eigenvalue weighted by atomic mass is 10.0. The van der Waals surface area contributed by atoms with Gasteiger partial charge in [0.25, 0.3) is 5.91 Å². The molecule has 2 heterocycles. The molecule has 0 radical (unpaired) electrons. The van der Waals surface area contributed by atoms with Gasteiger partial charge in [-0.15, -0.1) is 0 Å². The zero-order valence-corrected chi connectivity index (χ0v) is 16.4. The number of nitrogens with two attached hydrogens (primary N) is 1. The van der Waals surface area contributed by atoms with Gasteiger partial charge in [-0.3, -0.25) is 9.78 Å². The Morgan fingerprint density at radius 2 is 1.79 bits per heavy atom. The first-order valence-corrected chi connectivity index (χ1v) is 9.12. The molecule has 0 bridgehead atoms. The number of nitrogen functional groups attached to an aromatic ring is 1. The fourth-order valence-electron chi connectivity index (χ4n) is 2.63. The maximum absolute atomic E-state index is 12.5. The predicted octanol–water partition coefficient (Wildman–Crippen LogP) is 3.87. The average molecular weight is 375 g/mol. The van der Waals surface area contributed by atoms with Crippen LogP contribution in [0.15, 0.2) is 61.1 Å². The summed E-state index contributed by atoms with van der Waals surface area (Å²) in [6.45, 7) is 7.23. The largest absolute Gasteiger partial charge is 0.384 e. The lowest BCUT2D eigenvalue weighted by molar-refractivity contribution is 0.102. The lowest BCUT2D eigenvalue weighted by Crippen LogP contribution is -2.35. The fraction of sp³-hybridized carbons (Fsp3) is 0.227. The zero-order chi connectivity index (χ0) is 20.1. The third-order valence-corrected chi connectivity index (χ3v) is 4.15. The number of nitrogens with one attached hydrogen (secondary N) is 2. The van der Waals surface area contributed by atoms with Gasteiger partial charge in [-0.05, 0) is 44.0 Å². The number of amides is 1. The quantitative estimate of drug-likeness (QED) is 0.629. The van der Waals surface area contributed by atoms with Crippen molar-refractivity contribution in [3.8, 4) is 11.1 Å². The van der Waals surface area contributed by atoms with E-state index >= 15 is 0 Å². The summed E-state index contributed by atoms with van der Waals surface area (Å²) in [5.41, 5.74) is 9.90. The smallest absolute Gasteiger partial charge is 0.257 e. The monoisotopic (exact) mass is 375 g/mol. The van der Waals surface area contributed by atoms with Crippen LogP contribution in [0.3, 0.4) is 0 Å². The number of rotatable bonds is 5. The molecule has 3 rings (SSSR count). The molecule has 0 unspecified atom stereocenters. The molecule has 1 amide bonds. The molecular formula is C22H25N5O. The van der Waals surface area contributed by atoms with Crippen molar-refractivity contribution in [2.45, 2.75) is 32.9 Å². The van der Waals surface area contributed by atoms with E-state index in [0.29, 0.717) is 17.1 Å². The van der Waals surface area contributed by atoms with Crippen LogP contribution in [-0.2, 0) is 6.54 Å². The third kappa shape index (κ3) is 5.37. The highest BCUT2D eigenvalue weighted by Crippen LogP contribution is 2.21. The standard InChI is InChI=1S/C22H25N5O/c1-22(2,3)26-12-15-4-6-16(7-5-15)17-10-18(14-24-13-17)21(28)27-19-8-9-25-20(23)11-19/h4-11,13-14,26H,12H2,1-3H3,(H3,23,25,27,28). The Hall–Kier alpha value is -3.25. The molecule has 3 aromatic rings. The number of carbonyl (C=O) groups is 1. The molecule has 4 N–H and O–H groups in total. The highest BCUT2D eigenvalue weighted by Gasteiger charge is 2.10. The number of aromatic nitrogens is 2. The Kier molecular flexibility index (Phi) is 5.70. The minimum Gasteiger partial charge on any atom is -0.384 e. The number of hydrogen-bond donors (Lipinski definition) is 3. The molecule has 0 saturated heterocycles. The molecule has 0 atom stereocenters. The number of nitrogens with zero attached hydrogens (tertiary/aromatic N) is 2. The van der Waals surface area contributed by atoms with Crippen molar-refractivity contribution in [2.24, 2.45) is 0 Å². The summed E-state index contributed by atoms with van der Waals surface area (Å²) in [6.07, 6.45) is 4.85. The molecule has 0 aliphatic carbocycles. The van der Waals surface area contributed by atoms with Crippen LogP contribution < -0.4 is 16.4 Å². The number of hydrogen-bond acceptors (Lipinski definition) is 5. The van der Waals surface area contributed by atoms with Crippen LogP contribution in [0.1, 0.15) is 36.7 Å². The summed E-state index contributed by atoms with van der Waals surface area (Å²) >= 11 is 0. The van der Waals surface area contributed by atoms with E-state index in [-0.39, 0.29) is 11.4 Å². The van der Waals surface area contributed by atoms with Gasteiger partial charge >= 0.3 is 0 Å². The summed E-state index contributed by atoms with van der Waals surface area (Å²) in [5.74, 6) is 0.108. The fourth-order valence-corrected chi connectivity index (χ4v) is 2.63. The van der Waals surface area contributed by atoms with Crippen molar-refractivity contribution >= 4 is 17.4 Å². The third-order valence-electron chi connectivity index (χ3n) is 4.15. The Morgan fingerprint density at radius 1 is 1.04 bits per heavy atom. The molecule has 1 aromatic carbocycles. The van der Waals surface area contributed by atoms with Crippen LogP contribution in [-0.4, -0.2) is 21.4 Å². The first-order valence-electron chi connectivity index (χ1n) is 9.12. The van der Waals surface area contributed by atoms with Crippen LogP contribution in [0, 0.1) is 0 Å². The number of carbonyl (C=O) groups excluding carboxylic acids is 1. The molecule has 144 valence electrons. The minimum atomic E-state index is -0.244. The van der Waals surface area contributed by atoms with Crippen LogP contribution in [0.4, 0.5) is 11.5 Å². The molecule has 0 spiro atoms. The molecule has 0 saturated carbocycles. The summed E-state index contributed by atoms with van der Waals surface area (Å²) in [5, 5.41) is 6.28. The minimum absolute atomic E-state index is 0.0732. The van der Waals surface area contributed by atoms with Crippen LogP contribution in [0.25, 0.3) is 11.1 Å². The van der Waals surface area contributed by atoms with Crippen LogP contribution in [0.2, 0.25) is 0 Å². The Bertz CT molecular complexity index is 961. The van der Waals surface area contributed by atoms with Gasteiger partial charge < -0.3 is 16.4 Å². The molecule has 0 fully saturated rings. The Morgan fingerprint density at radius 3 is 2.46 bits per heavy atom. The van der Waals surface area contributed by atoms with Crippen molar-refractivity contribution in [1.82, 2.24) is 15.3 Å². The van der Waals surface area contributed by atoms with Crippen LogP contribution in [0.5, 0.6) is 0 Å². The van der Waals surface area contributed by atoms with E-state index in [2.05, 4.69) is 53.5 Å². The number of anilines is 2. The second kappa shape index (κ2) is 8.19. The first kappa shape index (κ1) is 19.5. The second-order valence-corrected chi connectivity index (χ2v) is 7.69. The summed E-state index contributed by atoms with van der Waals surface area (Å²) in [7, 11) is 0. The Labute approximate surface area is 165 Å². The maximum Gasteiger partial charge on any atom is 0.257 e. The van der Waals surface area contributed by atoms with Gasteiger partial charge in [0.1, 0.15) is 5.82 Å². The van der Waals surface area contributed by atoms with Crippen LogP contribution >= 0.6 is 0 Å². The van der Waals surface area contributed by atoms with Gasteiger partial charge in [-0.1, -0.05) is 24.3 Å². The van der Waals surface area contributed by atoms with Gasteiger partial charge in [-0.2, -0.15) is 0 Å². The molecule has 0 aliphatic heterocycles. The highest BCUT2D eigenvalue weighted by atomic mass is 16.1. The second-order valence-electron chi connectivity index (χ2n) is 7.69. The average Bonchev–Trinajstić information content (AvgIpc) is 2.66. The molecule has 2 aromatic heterocycles. The molecule has 6 nitrogen and oxygen atoms in total. The molecule has 28 heavy (non-hydrogen) atoms. The topological polar surface area (TPSA) is 92.9 Å². The van der Waals surface area contributed by atoms with Crippen molar-refractivity contribution in [1.29, 1.82) is 0 Å². The lowest BCUT2D eigenvalue weighted by Gasteiger charge is -2.20. The first-order chi connectivity index (χ1) is 13.3. The van der Waals surface area contributed by atoms with E-state index in [1.165, 1.54) is 5.56 Å². The van der Waals surface area contributed by atoms with E-state index in [4.69, 9.17) is 5.73 Å². The zero-order valence-electron chi connectivity index (χ0n) is 16.4. The van der Waals surface area contributed by atoms with Gasteiger partial charge in [0.2, 0.25) is 0 Å². The highest BCUT2D eigenvalue weighted by molar-refractivity contribution is 6.04. The number of benzene rings is 1. The molecule has 0 aliphatic rings. The molecular weight excluding hydrogens is 350 g/mol.